The number of aromatic hydroxyl groups is 1. The lowest BCUT2D eigenvalue weighted by Crippen LogP contribution is -2.15. The third-order valence-electron chi connectivity index (χ3n) is 3.24. The van der Waals surface area contributed by atoms with E-state index in [-0.39, 0.29) is 0 Å². The van der Waals surface area contributed by atoms with Gasteiger partial charge in [0.25, 0.3) is 0 Å². The first-order chi connectivity index (χ1) is 7.28. The molecule has 0 amide bonds. The molecule has 3 heteroatoms. The van der Waals surface area contributed by atoms with Gasteiger partial charge < -0.3 is 15.4 Å². The van der Waals surface area contributed by atoms with Gasteiger partial charge in [0.1, 0.15) is 5.75 Å². The molecule has 1 atom stereocenters. The van der Waals surface area contributed by atoms with Crippen molar-refractivity contribution < 1.29 is 5.11 Å². The summed E-state index contributed by atoms with van der Waals surface area (Å²) in [5, 5.41) is 10.5. The summed E-state index contributed by atoms with van der Waals surface area (Å²) in [7, 11) is 0. The van der Waals surface area contributed by atoms with Gasteiger partial charge in [0, 0.05) is 23.1 Å². The molecule has 0 saturated heterocycles. The first-order valence-electron chi connectivity index (χ1n) is 5.29. The van der Waals surface area contributed by atoms with Gasteiger partial charge >= 0.3 is 0 Å². The Balaban J connectivity index is 2.15. The summed E-state index contributed by atoms with van der Waals surface area (Å²) < 4.78 is 2.31. The molecule has 3 nitrogen and oxygen atoms in total. The molecule has 0 bridgehead atoms. The summed E-state index contributed by atoms with van der Waals surface area (Å²) >= 11 is 0. The Labute approximate surface area is 88.1 Å². The third kappa shape index (κ3) is 1.23. The van der Waals surface area contributed by atoms with E-state index in [9.17, 15) is 5.11 Å². The van der Waals surface area contributed by atoms with Crippen molar-refractivity contribution >= 4 is 10.9 Å². The second-order valence-corrected chi connectivity index (χ2v) is 4.30. The molecule has 1 unspecified atom stereocenters. The molecule has 15 heavy (non-hydrogen) atoms. The average molecular weight is 202 g/mol. The second kappa shape index (κ2) is 3.00. The fourth-order valence-electron chi connectivity index (χ4n) is 2.48. The van der Waals surface area contributed by atoms with Crippen molar-refractivity contribution in [3.05, 3.63) is 30.0 Å². The van der Waals surface area contributed by atoms with Crippen LogP contribution in [0.4, 0.5) is 0 Å². The molecule has 1 aromatic heterocycles. The molecular weight excluding hydrogens is 188 g/mol. The molecular formula is C12H14N2O. The minimum Gasteiger partial charge on any atom is -0.508 e. The van der Waals surface area contributed by atoms with Crippen molar-refractivity contribution in [3.63, 3.8) is 0 Å². The Morgan fingerprint density at radius 1 is 1.40 bits per heavy atom. The number of rotatable bonds is 1. The Morgan fingerprint density at radius 3 is 3.07 bits per heavy atom. The van der Waals surface area contributed by atoms with Crippen LogP contribution in [0.3, 0.4) is 0 Å². The molecule has 1 aliphatic heterocycles. The standard InChI is InChI=1S/C12H14N2O/c13-6-8-3-10-4-9-5-11(15)1-2-12(9)14(10)7-8/h1-2,4-5,8,15H,3,6-7,13H2. The van der Waals surface area contributed by atoms with Gasteiger partial charge in [0.2, 0.25) is 0 Å². The maximum Gasteiger partial charge on any atom is 0.116 e. The molecule has 0 fully saturated rings. The average Bonchev–Trinajstić information content (AvgIpc) is 2.73. The van der Waals surface area contributed by atoms with Crippen LogP contribution in [-0.4, -0.2) is 16.2 Å². The van der Waals surface area contributed by atoms with E-state index < -0.39 is 0 Å². The van der Waals surface area contributed by atoms with Gasteiger partial charge in [-0.3, -0.25) is 0 Å². The van der Waals surface area contributed by atoms with Crippen LogP contribution in [0.2, 0.25) is 0 Å². The Hall–Kier alpha value is -1.48. The molecule has 1 aliphatic rings. The van der Waals surface area contributed by atoms with E-state index in [2.05, 4.69) is 10.6 Å². The Kier molecular flexibility index (Phi) is 1.76. The molecule has 2 heterocycles. The first kappa shape index (κ1) is 8.80. The van der Waals surface area contributed by atoms with Gasteiger partial charge in [0.05, 0.1) is 0 Å². The van der Waals surface area contributed by atoms with E-state index >= 15 is 0 Å². The number of nitrogens with two attached hydrogens (primary N) is 1. The van der Waals surface area contributed by atoms with Crippen molar-refractivity contribution in [3.8, 4) is 5.75 Å². The highest BCUT2D eigenvalue weighted by atomic mass is 16.3. The number of benzene rings is 1. The summed E-state index contributed by atoms with van der Waals surface area (Å²) in [4.78, 5) is 0. The van der Waals surface area contributed by atoms with E-state index in [1.165, 1.54) is 11.2 Å². The van der Waals surface area contributed by atoms with Gasteiger partial charge in [-0.25, -0.2) is 0 Å². The van der Waals surface area contributed by atoms with Crippen LogP contribution in [0.1, 0.15) is 5.69 Å². The Morgan fingerprint density at radius 2 is 2.27 bits per heavy atom. The van der Waals surface area contributed by atoms with E-state index in [1.807, 2.05) is 12.1 Å². The minimum atomic E-state index is 0.335. The molecule has 0 aliphatic carbocycles. The zero-order valence-electron chi connectivity index (χ0n) is 8.48. The zero-order valence-corrected chi connectivity index (χ0v) is 8.48. The molecule has 0 radical (unpaired) electrons. The van der Waals surface area contributed by atoms with Crippen LogP contribution in [-0.2, 0) is 13.0 Å². The normalized spacial score (nSPS) is 19.7. The predicted molar refractivity (Wildman–Crippen MR) is 59.9 cm³/mol. The number of aromatic nitrogens is 1. The second-order valence-electron chi connectivity index (χ2n) is 4.30. The summed E-state index contributed by atoms with van der Waals surface area (Å²) in [5.74, 6) is 0.917. The SMILES string of the molecule is NCC1Cc2cc3cc(O)ccc3n2C1. The van der Waals surface area contributed by atoms with Gasteiger partial charge in [-0.05, 0) is 43.1 Å². The van der Waals surface area contributed by atoms with Crippen molar-refractivity contribution in [1.29, 1.82) is 0 Å². The maximum absolute atomic E-state index is 9.39. The fraction of sp³-hybridized carbons (Fsp3) is 0.333. The van der Waals surface area contributed by atoms with Crippen molar-refractivity contribution in [2.75, 3.05) is 6.54 Å². The smallest absolute Gasteiger partial charge is 0.116 e. The quantitative estimate of drug-likeness (QED) is 0.736. The molecule has 1 aromatic carbocycles. The molecule has 3 N–H and O–H groups in total. The number of fused-ring (bicyclic) bond motifs is 3. The molecule has 78 valence electrons. The van der Waals surface area contributed by atoms with Crippen LogP contribution >= 0.6 is 0 Å². The lowest BCUT2D eigenvalue weighted by atomic mass is 10.1. The summed E-state index contributed by atoms with van der Waals surface area (Å²) in [6.45, 7) is 1.77. The lowest BCUT2D eigenvalue weighted by Gasteiger charge is -2.05. The third-order valence-corrected chi connectivity index (χ3v) is 3.24. The van der Waals surface area contributed by atoms with Crippen LogP contribution < -0.4 is 5.73 Å². The van der Waals surface area contributed by atoms with Crippen LogP contribution in [0, 0.1) is 5.92 Å². The number of phenolic OH excluding ortho intramolecular Hbond substituents is 1. The fourth-order valence-corrected chi connectivity index (χ4v) is 2.48. The number of hydrogen-bond acceptors (Lipinski definition) is 2. The monoisotopic (exact) mass is 202 g/mol. The highest BCUT2D eigenvalue weighted by Gasteiger charge is 2.22. The lowest BCUT2D eigenvalue weighted by molar-refractivity contribution is 0.476. The van der Waals surface area contributed by atoms with Crippen LogP contribution in [0.25, 0.3) is 10.9 Å². The number of hydrogen-bond donors (Lipinski definition) is 2. The molecule has 2 aromatic rings. The number of phenols is 1. The summed E-state index contributed by atoms with van der Waals surface area (Å²) in [5.41, 5.74) is 8.23. The van der Waals surface area contributed by atoms with Crippen molar-refractivity contribution in [1.82, 2.24) is 4.57 Å². The molecule has 3 rings (SSSR count). The highest BCUT2D eigenvalue weighted by molar-refractivity contribution is 5.83. The first-order valence-corrected chi connectivity index (χ1v) is 5.29. The van der Waals surface area contributed by atoms with Gasteiger partial charge in [-0.15, -0.1) is 0 Å². The van der Waals surface area contributed by atoms with E-state index in [0.29, 0.717) is 11.7 Å². The largest absolute Gasteiger partial charge is 0.508 e. The summed E-state index contributed by atoms with van der Waals surface area (Å²) in [6.07, 6.45) is 1.06. The van der Waals surface area contributed by atoms with Crippen molar-refractivity contribution in [2.24, 2.45) is 11.7 Å². The predicted octanol–water partition coefficient (Wildman–Crippen LogP) is 1.48. The van der Waals surface area contributed by atoms with Gasteiger partial charge in [0.15, 0.2) is 0 Å². The summed E-state index contributed by atoms with van der Waals surface area (Å²) in [6, 6.07) is 7.70. The maximum atomic E-state index is 9.39. The van der Waals surface area contributed by atoms with E-state index in [1.54, 1.807) is 6.07 Å². The topological polar surface area (TPSA) is 51.2 Å². The highest BCUT2D eigenvalue weighted by Crippen LogP contribution is 2.30. The zero-order chi connectivity index (χ0) is 10.4. The Bertz CT molecular complexity index is 516. The van der Waals surface area contributed by atoms with Gasteiger partial charge in [-0.2, -0.15) is 0 Å². The van der Waals surface area contributed by atoms with Crippen molar-refractivity contribution in [2.45, 2.75) is 13.0 Å². The molecule has 0 saturated carbocycles. The van der Waals surface area contributed by atoms with Gasteiger partial charge in [-0.1, -0.05) is 0 Å². The molecule has 0 spiro atoms. The van der Waals surface area contributed by atoms with Crippen LogP contribution in [0.15, 0.2) is 24.3 Å². The van der Waals surface area contributed by atoms with Crippen LogP contribution in [0.5, 0.6) is 5.75 Å². The van der Waals surface area contributed by atoms with E-state index in [0.717, 1.165) is 24.9 Å². The number of nitrogens with zero attached hydrogens (tertiary/aromatic N) is 1. The minimum absolute atomic E-state index is 0.335. The van der Waals surface area contributed by atoms with E-state index in [4.69, 9.17) is 5.73 Å².